The minimum Gasteiger partial charge on any atom is -0.456 e. The number of halogens is 1. The molecule has 0 spiro atoms. The molecule has 30 heavy (non-hydrogen) atoms. The van der Waals surface area contributed by atoms with E-state index in [1.54, 1.807) is 13.0 Å². The van der Waals surface area contributed by atoms with Gasteiger partial charge in [0.1, 0.15) is 6.10 Å². The van der Waals surface area contributed by atoms with Gasteiger partial charge in [-0.25, -0.2) is 4.79 Å². The molecule has 0 amide bonds. The van der Waals surface area contributed by atoms with Crippen LogP contribution in [0.1, 0.15) is 67.7 Å². The van der Waals surface area contributed by atoms with E-state index in [0.29, 0.717) is 12.8 Å². The Hall–Kier alpha value is -1.44. The number of esters is 2. The van der Waals surface area contributed by atoms with Crippen LogP contribution >= 0.6 is 11.6 Å². The molecular formula is C22H33ClO7. The third kappa shape index (κ3) is 4.43. The van der Waals surface area contributed by atoms with Gasteiger partial charge in [-0.1, -0.05) is 13.0 Å². The Morgan fingerprint density at radius 1 is 1.27 bits per heavy atom. The van der Waals surface area contributed by atoms with Crippen LogP contribution in [0.3, 0.4) is 0 Å². The highest BCUT2D eigenvalue weighted by atomic mass is 35.5. The highest BCUT2D eigenvalue weighted by Crippen LogP contribution is 2.55. The molecule has 2 aliphatic carbocycles. The van der Waals surface area contributed by atoms with Crippen LogP contribution < -0.4 is 0 Å². The summed E-state index contributed by atoms with van der Waals surface area (Å²) in [7, 11) is 0. The number of ketones is 1. The molecule has 0 saturated heterocycles. The van der Waals surface area contributed by atoms with Crippen molar-refractivity contribution in [3.8, 4) is 0 Å². The third-order valence-electron chi connectivity index (χ3n) is 6.64. The van der Waals surface area contributed by atoms with Gasteiger partial charge in [-0.15, -0.1) is 11.6 Å². The molecule has 0 aromatic heterocycles. The molecule has 2 rings (SSSR count). The van der Waals surface area contributed by atoms with Gasteiger partial charge < -0.3 is 19.7 Å². The Morgan fingerprint density at radius 3 is 2.30 bits per heavy atom. The number of rotatable bonds is 5. The van der Waals surface area contributed by atoms with Gasteiger partial charge in [0.15, 0.2) is 17.0 Å². The van der Waals surface area contributed by atoms with Crippen molar-refractivity contribution < 1.29 is 34.1 Å². The minimum absolute atomic E-state index is 0.152. The molecule has 2 N–H and O–H groups in total. The molecule has 0 radical (unpaired) electrons. The lowest BCUT2D eigenvalue weighted by molar-refractivity contribution is -0.217. The molecule has 8 heteroatoms. The fraction of sp³-hybridized carbons (Fsp3) is 0.773. The molecule has 2 aliphatic rings. The summed E-state index contributed by atoms with van der Waals surface area (Å²) in [6, 6.07) is 0. The van der Waals surface area contributed by atoms with Crippen molar-refractivity contribution in [2.45, 2.75) is 96.0 Å². The molecule has 0 aromatic rings. The number of carbonyl (C=O) groups is 3. The zero-order valence-electron chi connectivity index (χ0n) is 18.7. The Balaban J connectivity index is 2.53. The standard InChI is InChI=1S/C22H33ClO7/c1-12(23)21(6,28)18(26)29-17-8-9-20(5)11-15(25)14(19(3,4)27)10-16(20)22(17,7)30-13(2)24/h10,12,16-17,27-28H,8-9,11H2,1-7H3/t12?,16-,17-,20-,21?,22+/m1/s1. The van der Waals surface area contributed by atoms with Crippen LogP contribution in [-0.2, 0) is 23.9 Å². The van der Waals surface area contributed by atoms with E-state index in [2.05, 4.69) is 0 Å². The minimum atomic E-state index is -1.92. The molecule has 7 nitrogen and oxygen atoms in total. The van der Waals surface area contributed by atoms with Crippen LogP contribution in [0, 0.1) is 11.3 Å². The van der Waals surface area contributed by atoms with Gasteiger partial charge in [0.2, 0.25) is 0 Å². The predicted octanol–water partition coefficient (Wildman–Crippen LogP) is 2.68. The van der Waals surface area contributed by atoms with Crippen LogP contribution in [0.2, 0.25) is 0 Å². The van der Waals surface area contributed by atoms with E-state index < -0.39 is 51.6 Å². The second-order valence-electron chi connectivity index (χ2n) is 9.84. The average molecular weight is 445 g/mol. The van der Waals surface area contributed by atoms with Gasteiger partial charge >= 0.3 is 11.9 Å². The largest absolute Gasteiger partial charge is 0.456 e. The maximum atomic E-state index is 12.7. The number of Topliss-reactive ketones (excluding diaryl/α,β-unsaturated/α-hetero) is 1. The number of aliphatic hydroxyl groups is 2. The van der Waals surface area contributed by atoms with Crippen LogP contribution in [0.25, 0.3) is 0 Å². The molecule has 170 valence electrons. The molecule has 1 saturated carbocycles. The van der Waals surface area contributed by atoms with Gasteiger partial charge in [-0.05, 0) is 52.9 Å². The Labute approximate surface area is 182 Å². The summed E-state index contributed by atoms with van der Waals surface area (Å²) >= 11 is 5.94. The second kappa shape index (κ2) is 7.92. The number of hydrogen-bond donors (Lipinski definition) is 2. The third-order valence-corrected chi connectivity index (χ3v) is 7.07. The van der Waals surface area contributed by atoms with Crippen molar-refractivity contribution >= 4 is 29.3 Å². The van der Waals surface area contributed by atoms with Gasteiger partial charge in [-0.3, -0.25) is 9.59 Å². The summed E-state index contributed by atoms with van der Waals surface area (Å²) in [6.45, 7) is 10.7. The molecule has 0 heterocycles. The smallest absolute Gasteiger partial charge is 0.339 e. The average Bonchev–Trinajstić information content (AvgIpc) is 2.54. The van der Waals surface area contributed by atoms with Crippen molar-refractivity contribution in [3.05, 3.63) is 11.6 Å². The normalized spacial score (nSPS) is 34.9. The fourth-order valence-corrected chi connectivity index (χ4v) is 4.74. The summed E-state index contributed by atoms with van der Waals surface area (Å²) < 4.78 is 11.4. The lowest BCUT2D eigenvalue weighted by atomic mass is 9.54. The molecule has 6 atom stereocenters. The van der Waals surface area contributed by atoms with Crippen LogP contribution in [0.4, 0.5) is 0 Å². The first-order valence-corrected chi connectivity index (χ1v) is 10.6. The maximum Gasteiger partial charge on any atom is 0.339 e. The van der Waals surface area contributed by atoms with E-state index in [-0.39, 0.29) is 17.8 Å². The highest BCUT2D eigenvalue weighted by molar-refractivity contribution is 6.22. The summed E-state index contributed by atoms with van der Waals surface area (Å²) in [5, 5.41) is 20.0. The van der Waals surface area contributed by atoms with Crippen molar-refractivity contribution in [1.29, 1.82) is 0 Å². The molecule has 1 fully saturated rings. The van der Waals surface area contributed by atoms with Gasteiger partial charge in [0.05, 0.1) is 11.0 Å². The van der Waals surface area contributed by atoms with Crippen LogP contribution in [-0.4, -0.2) is 56.2 Å². The zero-order valence-corrected chi connectivity index (χ0v) is 19.5. The van der Waals surface area contributed by atoms with Gasteiger partial charge in [0.25, 0.3) is 0 Å². The van der Waals surface area contributed by atoms with E-state index in [9.17, 15) is 24.6 Å². The van der Waals surface area contributed by atoms with Crippen molar-refractivity contribution in [1.82, 2.24) is 0 Å². The Morgan fingerprint density at radius 2 is 1.83 bits per heavy atom. The summed E-state index contributed by atoms with van der Waals surface area (Å²) in [5.74, 6) is -2.11. The van der Waals surface area contributed by atoms with E-state index in [1.165, 1.54) is 34.6 Å². The first-order chi connectivity index (χ1) is 13.4. The molecule has 0 aromatic carbocycles. The number of hydrogen-bond acceptors (Lipinski definition) is 7. The van der Waals surface area contributed by atoms with Crippen molar-refractivity contribution in [2.75, 3.05) is 0 Å². The van der Waals surface area contributed by atoms with E-state index >= 15 is 0 Å². The molecule has 0 bridgehead atoms. The number of ether oxygens (including phenoxy) is 2. The van der Waals surface area contributed by atoms with Crippen molar-refractivity contribution in [3.63, 3.8) is 0 Å². The quantitative estimate of drug-likeness (QED) is 0.495. The molecule has 2 unspecified atom stereocenters. The van der Waals surface area contributed by atoms with Gasteiger partial charge in [-0.2, -0.15) is 0 Å². The lowest BCUT2D eigenvalue weighted by Gasteiger charge is -2.55. The summed E-state index contributed by atoms with van der Waals surface area (Å²) in [4.78, 5) is 37.4. The van der Waals surface area contributed by atoms with E-state index in [4.69, 9.17) is 21.1 Å². The Bertz CT molecular complexity index is 764. The predicted molar refractivity (Wildman–Crippen MR) is 111 cm³/mol. The van der Waals surface area contributed by atoms with Gasteiger partial charge in [0, 0.05) is 24.8 Å². The molecule has 0 aliphatic heterocycles. The zero-order chi connectivity index (χ0) is 23.3. The van der Waals surface area contributed by atoms with Crippen molar-refractivity contribution in [2.24, 2.45) is 11.3 Å². The number of carbonyl (C=O) groups excluding carboxylic acids is 3. The highest BCUT2D eigenvalue weighted by Gasteiger charge is 2.60. The van der Waals surface area contributed by atoms with E-state index in [0.717, 1.165) is 0 Å². The lowest BCUT2D eigenvalue weighted by Crippen LogP contribution is -2.62. The monoisotopic (exact) mass is 444 g/mol. The van der Waals surface area contributed by atoms with Crippen LogP contribution in [0.15, 0.2) is 11.6 Å². The summed E-state index contributed by atoms with van der Waals surface area (Å²) in [6.07, 6.45) is 1.86. The first kappa shape index (κ1) is 24.8. The van der Waals surface area contributed by atoms with E-state index in [1.807, 2.05) is 6.92 Å². The summed E-state index contributed by atoms with van der Waals surface area (Å²) in [5.41, 5.74) is -4.87. The molecular weight excluding hydrogens is 412 g/mol. The SMILES string of the molecule is CC(=O)O[C@@]1(C)[C@@H]2C=C(C(C)(C)O)C(=O)C[C@@]2(C)CC[C@H]1OC(=O)C(C)(O)C(C)Cl. The topological polar surface area (TPSA) is 110 Å². The Kier molecular flexibility index (Phi) is 6.55. The fourth-order valence-electron chi connectivity index (χ4n) is 4.65. The maximum absolute atomic E-state index is 12.7. The second-order valence-corrected chi connectivity index (χ2v) is 10.5. The first-order valence-electron chi connectivity index (χ1n) is 10.2. The number of fused-ring (bicyclic) bond motifs is 1. The number of alkyl halides is 1. The van der Waals surface area contributed by atoms with Crippen LogP contribution in [0.5, 0.6) is 0 Å².